The number of piperidine rings is 1. The first-order valence-electron chi connectivity index (χ1n) is 11.7. The summed E-state index contributed by atoms with van der Waals surface area (Å²) in [5.74, 6) is 0.774. The summed E-state index contributed by atoms with van der Waals surface area (Å²) in [5.41, 5.74) is -0.611. The zero-order valence-electron chi connectivity index (χ0n) is 19.5. The minimum atomic E-state index is -3.74. The van der Waals surface area contributed by atoms with Gasteiger partial charge in [0.05, 0.1) is 11.5 Å². The van der Waals surface area contributed by atoms with Gasteiger partial charge in [0.25, 0.3) is 0 Å². The van der Waals surface area contributed by atoms with Crippen molar-refractivity contribution >= 4 is 27.5 Å². The highest BCUT2D eigenvalue weighted by molar-refractivity contribution is 7.89. The van der Waals surface area contributed by atoms with Gasteiger partial charge in [-0.05, 0) is 50.2 Å². The Labute approximate surface area is 207 Å². The third-order valence-corrected chi connectivity index (χ3v) is 8.81. The molecule has 9 heteroatoms. The van der Waals surface area contributed by atoms with Crippen LogP contribution in [-0.2, 0) is 14.8 Å². The summed E-state index contributed by atoms with van der Waals surface area (Å²) < 4.78 is 34.5. The number of carbonyl (C=O) groups is 1. The molecule has 0 aliphatic carbocycles. The van der Waals surface area contributed by atoms with E-state index in [2.05, 4.69) is 11.9 Å². The van der Waals surface area contributed by atoms with E-state index in [4.69, 9.17) is 16.3 Å². The first kappa shape index (κ1) is 25.0. The summed E-state index contributed by atoms with van der Waals surface area (Å²) in [4.78, 5) is 17.6. The van der Waals surface area contributed by atoms with Crippen molar-refractivity contribution < 1.29 is 17.9 Å². The van der Waals surface area contributed by atoms with Crippen LogP contribution in [0.5, 0.6) is 5.75 Å². The molecular formula is C25H32ClN3O4S. The van der Waals surface area contributed by atoms with Crippen LogP contribution in [-0.4, -0.2) is 81.4 Å². The van der Waals surface area contributed by atoms with Crippen molar-refractivity contribution in [2.75, 3.05) is 52.9 Å². The largest absolute Gasteiger partial charge is 0.493 e. The quantitative estimate of drug-likeness (QED) is 0.577. The average Bonchev–Trinajstić information content (AvgIpc) is 2.84. The average molecular weight is 506 g/mol. The lowest BCUT2D eigenvalue weighted by molar-refractivity contribution is -0.136. The van der Waals surface area contributed by atoms with Crippen LogP contribution >= 0.6 is 11.6 Å². The van der Waals surface area contributed by atoms with Crippen LogP contribution in [0.1, 0.15) is 19.3 Å². The van der Waals surface area contributed by atoms with E-state index in [1.807, 2.05) is 35.2 Å². The van der Waals surface area contributed by atoms with E-state index < -0.39 is 15.4 Å². The van der Waals surface area contributed by atoms with Crippen LogP contribution in [0.3, 0.4) is 0 Å². The molecule has 1 amide bonds. The van der Waals surface area contributed by atoms with E-state index >= 15 is 0 Å². The van der Waals surface area contributed by atoms with E-state index in [0.717, 1.165) is 19.5 Å². The van der Waals surface area contributed by atoms with Gasteiger partial charge >= 0.3 is 0 Å². The topological polar surface area (TPSA) is 70.2 Å². The molecular weight excluding hydrogens is 474 g/mol. The Morgan fingerprint density at radius 2 is 1.76 bits per heavy atom. The van der Waals surface area contributed by atoms with E-state index in [-0.39, 0.29) is 30.4 Å². The van der Waals surface area contributed by atoms with Gasteiger partial charge in [-0.1, -0.05) is 35.9 Å². The zero-order chi connectivity index (χ0) is 24.2. The van der Waals surface area contributed by atoms with E-state index in [1.165, 1.54) is 10.4 Å². The Morgan fingerprint density at radius 1 is 1.03 bits per heavy atom. The van der Waals surface area contributed by atoms with Crippen molar-refractivity contribution in [2.24, 2.45) is 5.41 Å². The number of nitrogens with zero attached hydrogens (tertiary/aromatic N) is 3. The van der Waals surface area contributed by atoms with Crippen LogP contribution in [0.4, 0.5) is 0 Å². The van der Waals surface area contributed by atoms with Gasteiger partial charge in [-0.2, -0.15) is 4.31 Å². The lowest BCUT2D eigenvalue weighted by Gasteiger charge is -2.43. The number of piperazine rings is 1. The maximum Gasteiger partial charge on any atom is 0.243 e. The maximum atomic E-state index is 13.5. The van der Waals surface area contributed by atoms with Crippen LogP contribution in [0, 0.1) is 5.41 Å². The highest BCUT2D eigenvalue weighted by Crippen LogP contribution is 2.37. The molecule has 0 radical (unpaired) electrons. The number of carbonyl (C=O) groups excluding carboxylic acids is 1. The molecule has 0 aromatic heterocycles. The summed E-state index contributed by atoms with van der Waals surface area (Å²) in [6, 6.07) is 15.8. The molecule has 2 aliphatic rings. The summed E-state index contributed by atoms with van der Waals surface area (Å²) in [7, 11) is -1.69. The van der Waals surface area contributed by atoms with Crippen LogP contribution in [0.2, 0.25) is 5.02 Å². The van der Waals surface area contributed by atoms with Crippen molar-refractivity contribution in [3.63, 3.8) is 0 Å². The lowest BCUT2D eigenvalue weighted by atomic mass is 9.78. The Bertz CT molecular complexity index is 1090. The molecule has 2 heterocycles. The summed E-state index contributed by atoms with van der Waals surface area (Å²) in [6.45, 7) is 3.98. The number of benzene rings is 2. The van der Waals surface area contributed by atoms with E-state index in [1.54, 1.807) is 18.2 Å². The molecule has 1 unspecified atom stereocenters. The second-order valence-corrected chi connectivity index (χ2v) is 11.7. The van der Waals surface area contributed by atoms with Gasteiger partial charge in [0, 0.05) is 56.1 Å². The number of hydrogen-bond donors (Lipinski definition) is 0. The number of sulfonamides is 1. The number of ether oxygens (including phenoxy) is 1. The molecule has 0 spiro atoms. The number of likely N-dealkylation sites (N-methyl/N-ethyl adjacent to an activating group) is 1. The molecule has 2 saturated heterocycles. The lowest BCUT2D eigenvalue weighted by Crippen LogP contribution is -2.53. The first-order valence-corrected chi connectivity index (χ1v) is 13.5. The predicted octanol–water partition coefficient (Wildman–Crippen LogP) is 3.35. The maximum absolute atomic E-state index is 13.5. The van der Waals surface area contributed by atoms with Crippen LogP contribution in [0.25, 0.3) is 0 Å². The molecule has 2 fully saturated rings. The highest BCUT2D eigenvalue weighted by Gasteiger charge is 2.43. The molecule has 7 nitrogen and oxygen atoms in total. The number of rotatable bonds is 7. The standard InChI is InChI=1S/C25H32ClN3O4S/c1-27-13-15-28(16-14-27)24(30)18-25(20-33-22-8-3-2-4-9-22)11-6-12-29(19-25)34(31,32)23-10-5-7-21(26)17-23/h2-5,7-10,17H,6,11-16,18-20H2,1H3. The fraction of sp³-hybridized carbons (Fsp3) is 0.480. The minimum Gasteiger partial charge on any atom is -0.493 e. The summed E-state index contributed by atoms with van der Waals surface area (Å²) >= 11 is 6.07. The Balaban J connectivity index is 1.56. The van der Waals surface area contributed by atoms with Gasteiger partial charge < -0.3 is 14.5 Å². The fourth-order valence-corrected chi connectivity index (χ4v) is 6.59. The zero-order valence-corrected chi connectivity index (χ0v) is 21.1. The molecule has 0 bridgehead atoms. The number of amides is 1. The van der Waals surface area contributed by atoms with Crippen molar-refractivity contribution in [2.45, 2.75) is 24.2 Å². The monoisotopic (exact) mass is 505 g/mol. The van der Waals surface area contributed by atoms with Gasteiger partial charge in [0.1, 0.15) is 5.75 Å². The molecule has 0 N–H and O–H groups in total. The molecule has 34 heavy (non-hydrogen) atoms. The molecule has 2 aromatic rings. The second-order valence-electron chi connectivity index (χ2n) is 9.36. The number of halogens is 1. The van der Waals surface area contributed by atoms with E-state index in [0.29, 0.717) is 36.8 Å². The predicted molar refractivity (Wildman–Crippen MR) is 133 cm³/mol. The molecule has 1 atom stereocenters. The van der Waals surface area contributed by atoms with Crippen molar-refractivity contribution in [3.8, 4) is 5.75 Å². The summed E-state index contributed by atoms with van der Waals surface area (Å²) in [5, 5.41) is 0.377. The molecule has 2 aromatic carbocycles. The SMILES string of the molecule is CN1CCN(C(=O)CC2(COc3ccccc3)CCCN(S(=O)(=O)c3cccc(Cl)c3)C2)CC1. The summed E-state index contributed by atoms with van der Waals surface area (Å²) in [6.07, 6.45) is 1.64. The van der Waals surface area contributed by atoms with Gasteiger partial charge in [-0.15, -0.1) is 0 Å². The number of hydrogen-bond acceptors (Lipinski definition) is 5. The van der Waals surface area contributed by atoms with Crippen molar-refractivity contribution in [1.82, 2.24) is 14.1 Å². The van der Waals surface area contributed by atoms with Gasteiger partial charge in [-0.25, -0.2) is 8.42 Å². The van der Waals surface area contributed by atoms with Gasteiger partial charge in [0.2, 0.25) is 15.9 Å². The van der Waals surface area contributed by atoms with Gasteiger partial charge in [0.15, 0.2) is 0 Å². The third kappa shape index (κ3) is 5.92. The van der Waals surface area contributed by atoms with E-state index in [9.17, 15) is 13.2 Å². The second kappa shape index (κ2) is 10.6. The van der Waals surface area contributed by atoms with Gasteiger partial charge in [-0.3, -0.25) is 4.79 Å². The molecule has 184 valence electrons. The van der Waals surface area contributed by atoms with Crippen molar-refractivity contribution in [3.05, 3.63) is 59.6 Å². The molecule has 0 saturated carbocycles. The Morgan fingerprint density at radius 3 is 2.47 bits per heavy atom. The molecule has 2 aliphatic heterocycles. The van der Waals surface area contributed by atoms with Crippen molar-refractivity contribution in [1.29, 1.82) is 0 Å². The first-order chi connectivity index (χ1) is 16.3. The smallest absolute Gasteiger partial charge is 0.243 e. The minimum absolute atomic E-state index is 0.0618. The highest BCUT2D eigenvalue weighted by atomic mass is 35.5. The van der Waals surface area contributed by atoms with Crippen LogP contribution in [0.15, 0.2) is 59.5 Å². The third-order valence-electron chi connectivity index (χ3n) is 6.73. The molecule has 4 rings (SSSR count). The Kier molecular flexibility index (Phi) is 7.82. The van der Waals surface area contributed by atoms with Crippen LogP contribution < -0.4 is 4.74 Å². The number of para-hydroxylation sites is 1. The normalized spacial score (nSPS) is 22.5. The fourth-order valence-electron chi connectivity index (χ4n) is 4.70. The Hall–Kier alpha value is -2.13.